The molecule has 0 saturated heterocycles. The molecule has 0 bridgehead atoms. The van der Waals surface area contributed by atoms with Crippen molar-refractivity contribution in [3.63, 3.8) is 0 Å². The Morgan fingerprint density at radius 2 is 1.79 bits per heavy atom. The predicted octanol–water partition coefficient (Wildman–Crippen LogP) is 5.05. The highest BCUT2D eigenvalue weighted by atomic mass is 35.5. The average molecular weight is 371 g/mol. The van der Waals surface area contributed by atoms with Gasteiger partial charge in [-0.3, -0.25) is 0 Å². The van der Waals surface area contributed by atoms with Crippen LogP contribution in [0.5, 0.6) is 5.75 Å². The Morgan fingerprint density at radius 3 is 2.38 bits per heavy atom. The van der Waals surface area contributed by atoms with E-state index in [2.05, 4.69) is 0 Å². The number of ether oxygens (including phenoxy) is 1. The topological polar surface area (TPSA) is 36.3 Å². The number of benzene rings is 2. The van der Waals surface area contributed by atoms with Crippen LogP contribution in [0.4, 0.5) is 14.5 Å². The third kappa shape index (κ3) is 3.72. The number of nitrogens with zero attached hydrogens (tertiary/aromatic N) is 2. The second kappa shape index (κ2) is 8.18. The Hall–Kier alpha value is -2.03. The zero-order valence-electron chi connectivity index (χ0n) is 12.8. The predicted molar refractivity (Wildman–Crippen MR) is 90.9 cm³/mol. The SMILES string of the molecule is CCN(CCOc1c(F)c(F)c(C#N)c(Cl)c1Cl)c1ccccc1. The molecule has 0 unspecified atom stereocenters. The molecule has 0 spiro atoms. The van der Waals surface area contributed by atoms with Crippen molar-refractivity contribution in [2.45, 2.75) is 6.92 Å². The molecule has 0 heterocycles. The maximum atomic E-state index is 14.0. The van der Waals surface area contributed by atoms with Crippen LogP contribution in [-0.4, -0.2) is 19.7 Å². The van der Waals surface area contributed by atoms with Crippen molar-refractivity contribution in [3.8, 4) is 11.8 Å². The zero-order chi connectivity index (χ0) is 17.7. The molecule has 0 radical (unpaired) electrons. The number of anilines is 1. The molecule has 0 aliphatic carbocycles. The van der Waals surface area contributed by atoms with E-state index >= 15 is 0 Å². The van der Waals surface area contributed by atoms with E-state index in [1.165, 1.54) is 6.07 Å². The maximum Gasteiger partial charge on any atom is 0.203 e. The van der Waals surface area contributed by atoms with E-state index in [1.807, 2.05) is 42.2 Å². The summed E-state index contributed by atoms with van der Waals surface area (Å²) in [5.74, 6) is -3.16. The number of para-hydroxylation sites is 1. The smallest absolute Gasteiger partial charge is 0.203 e. The summed E-state index contributed by atoms with van der Waals surface area (Å²) in [4.78, 5) is 2.01. The molecular weight excluding hydrogens is 357 g/mol. The van der Waals surface area contributed by atoms with E-state index < -0.39 is 22.9 Å². The fraction of sp³-hybridized carbons (Fsp3) is 0.235. The minimum atomic E-state index is -1.36. The summed E-state index contributed by atoms with van der Waals surface area (Å²) in [5, 5.41) is 8.13. The van der Waals surface area contributed by atoms with Gasteiger partial charge in [-0.2, -0.15) is 9.65 Å². The number of rotatable bonds is 6. The lowest BCUT2D eigenvalue weighted by Gasteiger charge is -2.23. The summed E-state index contributed by atoms with van der Waals surface area (Å²) in [6.07, 6.45) is 0. The summed E-state index contributed by atoms with van der Waals surface area (Å²) < 4.78 is 33.1. The van der Waals surface area contributed by atoms with Gasteiger partial charge in [-0.1, -0.05) is 41.4 Å². The van der Waals surface area contributed by atoms with Crippen molar-refractivity contribution in [3.05, 3.63) is 57.6 Å². The molecule has 0 fully saturated rings. The van der Waals surface area contributed by atoms with E-state index in [0.717, 1.165) is 5.69 Å². The lowest BCUT2D eigenvalue weighted by atomic mass is 10.2. The van der Waals surface area contributed by atoms with Gasteiger partial charge < -0.3 is 9.64 Å². The summed E-state index contributed by atoms with van der Waals surface area (Å²) in [6.45, 7) is 3.20. The molecule has 0 atom stereocenters. The van der Waals surface area contributed by atoms with Crippen molar-refractivity contribution in [2.24, 2.45) is 0 Å². The van der Waals surface area contributed by atoms with E-state index in [9.17, 15) is 8.78 Å². The second-order valence-corrected chi connectivity index (χ2v) is 5.59. The normalized spacial score (nSPS) is 10.3. The molecular formula is C17H14Cl2F2N2O. The van der Waals surface area contributed by atoms with Crippen LogP contribution in [0, 0.1) is 23.0 Å². The first-order chi connectivity index (χ1) is 11.5. The Balaban J connectivity index is 2.14. The number of nitriles is 1. The highest BCUT2D eigenvalue weighted by Gasteiger charge is 2.24. The Morgan fingerprint density at radius 1 is 1.12 bits per heavy atom. The number of hydrogen-bond acceptors (Lipinski definition) is 3. The van der Waals surface area contributed by atoms with Gasteiger partial charge in [0.2, 0.25) is 5.82 Å². The largest absolute Gasteiger partial charge is 0.487 e. The molecule has 2 aromatic carbocycles. The van der Waals surface area contributed by atoms with Gasteiger partial charge in [-0.25, -0.2) is 4.39 Å². The summed E-state index contributed by atoms with van der Waals surface area (Å²) >= 11 is 11.7. The molecule has 0 aliphatic rings. The first-order valence-corrected chi connectivity index (χ1v) is 7.95. The van der Waals surface area contributed by atoms with Gasteiger partial charge in [0.25, 0.3) is 0 Å². The molecule has 2 aromatic rings. The van der Waals surface area contributed by atoms with Crippen molar-refractivity contribution < 1.29 is 13.5 Å². The number of likely N-dealkylation sites (N-methyl/N-ethyl adjacent to an activating group) is 1. The number of halogens is 4. The first kappa shape index (κ1) is 18.3. The van der Waals surface area contributed by atoms with Crippen LogP contribution in [0.3, 0.4) is 0 Å². The van der Waals surface area contributed by atoms with Crippen LogP contribution in [0.25, 0.3) is 0 Å². The molecule has 3 nitrogen and oxygen atoms in total. The molecule has 126 valence electrons. The molecule has 24 heavy (non-hydrogen) atoms. The summed E-state index contributed by atoms with van der Waals surface area (Å²) in [5.41, 5.74) is 0.352. The van der Waals surface area contributed by atoms with Crippen molar-refractivity contribution in [1.29, 1.82) is 5.26 Å². The first-order valence-electron chi connectivity index (χ1n) is 7.20. The van der Waals surface area contributed by atoms with Crippen LogP contribution < -0.4 is 9.64 Å². The standard InChI is InChI=1S/C17H14Cl2F2N2O/c1-2-23(11-6-4-3-5-7-11)8-9-24-17-14(19)13(18)12(10-22)15(20)16(17)21/h3-7H,2,8-9H2,1H3. The van der Waals surface area contributed by atoms with Gasteiger partial charge in [0.1, 0.15) is 23.3 Å². The van der Waals surface area contributed by atoms with Crippen LogP contribution in [-0.2, 0) is 0 Å². The number of hydrogen-bond donors (Lipinski definition) is 0. The van der Waals surface area contributed by atoms with E-state index in [4.69, 9.17) is 33.2 Å². The van der Waals surface area contributed by atoms with E-state index in [1.54, 1.807) is 0 Å². The molecule has 0 aliphatic heterocycles. The Labute approximate surface area is 149 Å². The summed E-state index contributed by atoms with van der Waals surface area (Å²) in [6, 6.07) is 11.1. The average Bonchev–Trinajstić information content (AvgIpc) is 2.61. The molecule has 0 aromatic heterocycles. The summed E-state index contributed by atoms with van der Waals surface area (Å²) in [7, 11) is 0. The zero-order valence-corrected chi connectivity index (χ0v) is 14.3. The van der Waals surface area contributed by atoms with Gasteiger partial charge >= 0.3 is 0 Å². The maximum absolute atomic E-state index is 14.0. The van der Waals surface area contributed by atoms with Crippen LogP contribution in [0.1, 0.15) is 12.5 Å². The van der Waals surface area contributed by atoms with E-state index in [-0.39, 0.29) is 16.7 Å². The Kier molecular flexibility index (Phi) is 6.24. The monoisotopic (exact) mass is 370 g/mol. The van der Waals surface area contributed by atoms with Gasteiger partial charge in [0.15, 0.2) is 11.6 Å². The molecule has 0 saturated carbocycles. The van der Waals surface area contributed by atoms with Crippen molar-refractivity contribution in [1.82, 2.24) is 0 Å². The molecule has 2 rings (SSSR count). The van der Waals surface area contributed by atoms with Crippen LogP contribution >= 0.6 is 23.2 Å². The van der Waals surface area contributed by atoms with Crippen molar-refractivity contribution in [2.75, 3.05) is 24.6 Å². The van der Waals surface area contributed by atoms with Gasteiger partial charge in [0, 0.05) is 12.2 Å². The lowest BCUT2D eigenvalue weighted by molar-refractivity contribution is 0.301. The van der Waals surface area contributed by atoms with Gasteiger partial charge in [-0.05, 0) is 19.1 Å². The second-order valence-electron chi connectivity index (χ2n) is 4.84. The van der Waals surface area contributed by atoms with Gasteiger partial charge in [0.05, 0.1) is 11.6 Å². The minimum Gasteiger partial charge on any atom is -0.487 e. The third-order valence-electron chi connectivity index (χ3n) is 3.45. The Bertz CT molecular complexity index is 734. The van der Waals surface area contributed by atoms with Crippen LogP contribution in [0.2, 0.25) is 10.0 Å². The third-order valence-corrected chi connectivity index (χ3v) is 4.28. The quantitative estimate of drug-likeness (QED) is 0.667. The van der Waals surface area contributed by atoms with E-state index in [0.29, 0.717) is 13.1 Å². The van der Waals surface area contributed by atoms with Crippen LogP contribution in [0.15, 0.2) is 30.3 Å². The molecule has 7 heteroatoms. The highest BCUT2D eigenvalue weighted by molar-refractivity contribution is 6.43. The fourth-order valence-electron chi connectivity index (χ4n) is 2.20. The van der Waals surface area contributed by atoms with Gasteiger partial charge in [-0.15, -0.1) is 0 Å². The fourth-order valence-corrected chi connectivity index (χ4v) is 2.65. The highest BCUT2D eigenvalue weighted by Crippen LogP contribution is 2.39. The molecule has 0 N–H and O–H groups in total. The lowest BCUT2D eigenvalue weighted by Crippen LogP contribution is -2.28. The minimum absolute atomic E-state index is 0.0705. The molecule has 0 amide bonds. The van der Waals surface area contributed by atoms with Crippen molar-refractivity contribution >= 4 is 28.9 Å².